The molecule has 1 aromatic carbocycles. The number of rotatable bonds is 2. The molecule has 1 saturated heterocycles. The number of nitrogens with zero attached hydrogens (tertiary/aromatic N) is 1. The van der Waals surface area contributed by atoms with Crippen LogP contribution in [-0.4, -0.2) is 44.5 Å². The molecule has 0 N–H and O–H groups in total. The van der Waals surface area contributed by atoms with Gasteiger partial charge in [0.05, 0.1) is 14.2 Å². The lowest BCUT2D eigenvalue weighted by Crippen LogP contribution is -2.66. The van der Waals surface area contributed by atoms with E-state index >= 15 is 0 Å². The largest absolute Gasteiger partial charge is 0.493 e. The molecule has 2 aliphatic carbocycles. The van der Waals surface area contributed by atoms with Gasteiger partial charge < -0.3 is 14.4 Å². The number of Topliss-reactive ketones (excluding diaryl/α,β-unsaturated/α-hetero) is 1. The van der Waals surface area contributed by atoms with Gasteiger partial charge in [-0.25, -0.2) is 0 Å². The normalized spacial score (nSPS) is 36.2. The second-order valence-corrected chi connectivity index (χ2v) is 7.22. The molecule has 0 amide bonds. The standard InChI is InChI=1S/C18H23NO3/c1-17-10-11(20)7-16-18(17,5-6-19(16)2)13-9-15(22-4)14(21-3)8-12(13)17/h8-9,16H,5-7,10H2,1-4H3/t16-,17?,18+/m0/s1. The van der Waals surface area contributed by atoms with Crippen molar-refractivity contribution in [1.82, 2.24) is 4.90 Å². The zero-order chi connectivity index (χ0) is 15.7. The average Bonchev–Trinajstić information content (AvgIpc) is 2.85. The maximum absolute atomic E-state index is 12.3. The third-order valence-corrected chi connectivity index (χ3v) is 6.51. The first-order chi connectivity index (χ1) is 10.5. The van der Waals surface area contributed by atoms with Crippen LogP contribution in [0, 0.1) is 0 Å². The van der Waals surface area contributed by atoms with Crippen LogP contribution in [0.3, 0.4) is 0 Å². The quantitative estimate of drug-likeness (QED) is 0.840. The number of ketones is 1. The van der Waals surface area contributed by atoms with Gasteiger partial charge in [-0.05, 0) is 43.3 Å². The number of carbonyl (C=O) groups is 1. The maximum Gasteiger partial charge on any atom is 0.161 e. The fourth-order valence-corrected chi connectivity index (χ4v) is 5.45. The van der Waals surface area contributed by atoms with Gasteiger partial charge in [0.2, 0.25) is 0 Å². The molecule has 1 aliphatic heterocycles. The summed E-state index contributed by atoms with van der Waals surface area (Å²) >= 11 is 0. The smallest absolute Gasteiger partial charge is 0.161 e. The fourth-order valence-electron chi connectivity index (χ4n) is 5.45. The third kappa shape index (κ3) is 1.35. The van der Waals surface area contributed by atoms with Crippen LogP contribution in [0.2, 0.25) is 0 Å². The Bertz CT molecular complexity index is 671. The van der Waals surface area contributed by atoms with Crippen molar-refractivity contribution < 1.29 is 14.3 Å². The Morgan fingerprint density at radius 3 is 2.45 bits per heavy atom. The van der Waals surface area contributed by atoms with E-state index < -0.39 is 0 Å². The van der Waals surface area contributed by atoms with Crippen molar-refractivity contribution in [2.45, 2.75) is 43.1 Å². The fraction of sp³-hybridized carbons (Fsp3) is 0.611. The van der Waals surface area contributed by atoms with Crippen molar-refractivity contribution >= 4 is 5.78 Å². The zero-order valence-corrected chi connectivity index (χ0v) is 13.7. The zero-order valence-electron chi connectivity index (χ0n) is 13.7. The van der Waals surface area contributed by atoms with E-state index in [0.717, 1.165) is 24.5 Å². The van der Waals surface area contributed by atoms with Gasteiger partial charge in [0.1, 0.15) is 5.78 Å². The molecular formula is C18H23NO3. The minimum atomic E-state index is -0.0629. The Morgan fingerprint density at radius 2 is 1.82 bits per heavy atom. The number of ether oxygens (including phenoxy) is 2. The highest BCUT2D eigenvalue weighted by Gasteiger charge is 2.69. The minimum Gasteiger partial charge on any atom is -0.493 e. The first-order valence-corrected chi connectivity index (χ1v) is 7.97. The molecular weight excluding hydrogens is 278 g/mol. The lowest BCUT2D eigenvalue weighted by atomic mass is 9.40. The number of likely N-dealkylation sites (tertiary alicyclic amines) is 1. The summed E-state index contributed by atoms with van der Waals surface area (Å²) in [4.78, 5) is 14.7. The van der Waals surface area contributed by atoms with Crippen LogP contribution in [0.1, 0.15) is 37.3 Å². The Kier molecular flexibility index (Phi) is 2.72. The number of fused-ring (bicyclic) bond motifs is 2. The van der Waals surface area contributed by atoms with E-state index in [-0.39, 0.29) is 10.8 Å². The molecule has 1 unspecified atom stereocenters. The molecule has 1 saturated carbocycles. The third-order valence-electron chi connectivity index (χ3n) is 6.51. The number of benzene rings is 1. The second-order valence-electron chi connectivity index (χ2n) is 7.22. The van der Waals surface area contributed by atoms with Crippen LogP contribution in [-0.2, 0) is 15.6 Å². The maximum atomic E-state index is 12.3. The van der Waals surface area contributed by atoms with Crippen molar-refractivity contribution in [3.05, 3.63) is 23.3 Å². The molecule has 22 heavy (non-hydrogen) atoms. The lowest BCUT2D eigenvalue weighted by Gasteiger charge is -2.63. The number of hydrogen-bond acceptors (Lipinski definition) is 4. The van der Waals surface area contributed by atoms with E-state index in [2.05, 4.69) is 31.0 Å². The molecule has 1 heterocycles. The number of methoxy groups -OCH3 is 2. The summed E-state index contributed by atoms with van der Waals surface area (Å²) in [6.45, 7) is 3.33. The summed E-state index contributed by atoms with van der Waals surface area (Å²) in [6.07, 6.45) is 2.46. The Hall–Kier alpha value is -1.55. The van der Waals surface area contributed by atoms with Gasteiger partial charge in [0.15, 0.2) is 11.5 Å². The SMILES string of the molecule is COc1cc2c(cc1OC)[C@]13CCN(C)[C@H]1CC(=O)CC23C. The predicted molar refractivity (Wildman–Crippen MR) is 83.9 cm³/mol. The van der Waals surface area contributed by atoms with Gasteiger partial charge in [0.25, 0.3) is 0 Å². The van der Waals surface area contributed by atoms with Crippen LogP contribution in [0.4, 0.5) is 0 Å². The van der Waals surface area contributed by atoms with Crippen LogP contribution < -0.4 is 9.47 Å². The van der Waals surface area contributed by atoms with Crippen molar-refractivity contribution in [3.8, 4) is 11.5 Å². The van der Waals surface area contributed by atoms with Gasteiger partial charge >= 0.3 is 0 Å². The van der Waals surface area contributed by atoms with Crippen LogP contribution >= 0.6 is 0 Å². The number of carbonyl (C=O) groups excluding carboxylic acids is 1. The molecule has 2 fully saturated rings. The number of hydrogen-bond donors (Lipinski definition) is 0. The van der Waals surface area contributed by atoms with E-state index in [1.165, 1.54) is 11.1 Å². The summed E-state index contributed by atoms with van der Waals surface area (Å²) < 4.78 is 11.0. The molecule has 0 bridgehead atoms. The highest BCUT2D eigenvalue weighted by Crippen LogP contribution is 2.68. The monoisotopic (exact) mass is 301 g/mol. The topological polar surface area (TPSA) is 38.8 Å². The van der Waals surface area contributed by atoms with Crippen molar-refractivity contribution in [2.24, 2.45) is 0 Å². The molecule has 3 atom stereocenters. The Morgan fingerprint density at radius 1 is 1.18 bits per heavy atom. The Labute approximate surface area is 131 Å². The Balaban J connectivity index is 1.94. The molecule has 0 radical (unpaired) electrons. The van der Waals surface area contributed by atoms with Gasteiger partial charge in [-0.3, -0.25) is 4.79 Å². The highest BCUT2D eigenvalue weighted by atomic mass is 16.5. The van der Waals surface area contributed by atoms with Crippen LogP contribution in [0.15, 0.2) is 12.1 Å². The molecule has 4 heteroatoms. The molecule has 4 rings (SSSR count). The molecule has 1 spiro atoms. The molecule has 4 nitrogen and oxygen atoms in total. The molecule has 1 aromatic rings. The predicted octanol–water partition coefficient (Wildman–Crippen LogP) is 2.28. The summed E-state index contributed by atoms with van der Waals surface area (Å²) in [6, 6.07) is 4.56. The molecule has 0 aromatic heterocycles. The van der Waals surface area contributed by atoms with E-state index in [4.69, 9.17) is 9.47 Å². The second kappa shape index (κ2) is 4.25. The average molecular weight is 301 g/mol. The van der Waals surface area contributed by atoms with Crippen LogP contribution in [0.25, 0.3) is 0 Å². The summed E-state index contributed by atoms with van der Waals surface area (Å²) in [5.41, 5.74) is 2.69. The van der Waals surface area contributed by atoms with Gasteiger partial charge in [-0.1, -0.05) is 6.92 Å². The lowest BCUT2D eigenvalue weighted by molar-refractivity contribution is -0.127. The summed E-state index contributed by atoms with van der Waals surface area (Å²) in [7, 11) is 5.50. The summed E-state index contributed by atoms with van der Waals surface area (Å²) in [5, 5.41) is 0. The van der Waals surface area contributed by atoms with Crippen molar-refractivity contribution in [2.75, 3.05) is 27.8 Å². The van der Waals surface area contributed by atoms with Crippen molar-refractivity contribution in [1.29, 1.82) is 0 Å². The van der Waals surface area contributed by atoms with E-state index in [1.807, 2.05) is 0 Å². The molecule has 3 aliphatic rings. The first-order valence-electron chi connectivity index (χ1n) is 7.97. The minimum absolute atomic E-state index is 0.0629. The molecule has 118 valence electrons. The summed E-state index contributed by atoms with van der Waals surface area (Å²) in [5.74, 6) is 1.94. The van der Waals surface area contributed by atoms with E-state index in [0.29, 0.717) is 24.7 Å². The van der Waals surface area contributed by atoms with Crippen molar-refractivity contribution in [3.63, 3.8) is 0 Å². The number of likely N-dealkylation sites (N-methyl/N-ethyl adjacent to an activating group) is 1. The van der Waals surface area contributed by atoms with Gasteiger partial charge in [-0.15, -0.1) is 0 Å². The van der Waals surface area contributed by atoms with E-state index in [9.17, 15) is 4.79 Å². The van der Waals surface area contributed by atoms with E-state index in [1.54, 1.807) is 14.2 Å². The highest BCUT2D eigenvalue weighted by molar-refractivity contribution is 5.86. The van der Waals surface area contributed by atoms with Gasteiger partial charge in [0, 0.05) is 29.7 Å². The first kappa shape index (κ1) is 14.1. The van der Waals surface area contributed by atoms with Crippen LogP contribution in [0.5, 0.6) is 11.5 Å². The van der Waals surface area contributed by atoms with Gasteiger partial charge in [-0.2, -0.15) is 0 Å².